The number of allylic oxidation sites excluding steroid dienone is 1. The average Bonchev–Trinajstić information content (AvgIpc) is 3.68. The van der Waals surface area contributed by atoms with Gasteiger partial charge in [-0.05, 0) is 38.7 Å². The van der Waals surface area contributed by atoms with Crippen LogP contribution in [-0.2, 0) is 28.7 Å². The summed E-state index contributed by atoms with van der Waals surface area (Å²) in [5.74, 6) is -3.52. The Morgan fingerprint density at radius 2 is 1.76 bits per heavy atom. The summed E-state index contributed by atoms with van der Waals surface area (Å²) in [7, 11) is 1.71. The molecule has 5 rings (SSSR count). The summed E-state index contributed by atoms with van der Waals surface area (Å²) >= 11 is 0. The van der Waals surface area contributed by atoms with E-state index in [-0.39, 0.29) is 43.3 Å². The average molecular weight is 622 g/mol. The first-order valence-electron chi connectivity index (χ1n) is 16.2. The van der Waals surface area contributed by atoms with Crippen LogP contribution in [0.3, 0.4) is 0 Å². The molecule has 9 atom stereocenters. The minimum Gasteiger partial charge on any atom is -0.455 e. The maximum Gasteiger partial charge on any atom is 0.313 e. The van der Waals surface area contributed by atoms with Gasteiger partial charge in [0, 0.05) is 26.1 Å². The van der Waals surface area contributed by atoms with Crippen LogP contribution in [0.4, 0.5) is 0 Å². The van der Waals surface area contributed by atoms with Crippen LogP contribution in [0, 0.1) is 17.8 Å². The molecule has 2 fully saturated rings. The monoisotopic (exact) mass is 621 g/mol. The van der Waals surface area contributed by atoms with Crippen molar-refractivity contribution in [2.75, 3.05) is 20.2 Å². The molecule has 1 spiro atoms. The normalized spacial score (nSPS) is 34.4. The molecule has 1 aromatic carbocycles. The van der Waals surface area contributed by atoms with Crippen molar-refractivity contribution in [3.63, 3.8) is 0 Å². The Bertz CT molecular complexity index is 1350. The van der Waals surface area contributed by atoms with Crippen molar-refractivity contribution in [2.45, 2.75) is 95.9 Å². The number of aliphatic hydroxyl groups excluding tert-OH is 1. The SMILES string of the molecule is CC[C@H](C)[C@H](CO)N1C(=O)[C@H]2[C@@H]3C(=O)O[C@H](c4ccccc4)[C@@H](C)N(C)C(=O)CC/C=C\CN(C(C)C)C(=O)[C@H]1[C@@]21C=C[C@@H]3O1. The highest BCUT2D eigenvalue weighted by Gasteiger charge is 2.74. The van der Waals surface area contributed by atoms with Gasteiger partial charge >= 0.3 is 5.97 Å². The Labute approximate surface area is 266 Å². The van der Waals surface area contributed by atoms with Crippen LogP contribution < -0.4 is 0 Å². The molecule has 4 aliphatic rings. The molecule has 10 heteroatoms. The maximum atomic E-state index is 14.6. The van der Waals surface area contributed by atoms with E-state index in [0.29, 0.717) is 12.8 Å². The zero-order valence-electron chi connectivity index (χ0n) is 27.2. The summed E-state index contributed by atoms with van der Waals surface area (Å²) in [6.07, 6.45) is 7.18. The number of likely N-dealkylation sites (tertiary alicyclic amines) is 1. The van der Waals surface area contributed by atoms with Crippen LogP contribution in [0.25, 0.3) is 0 Å². The molecule has 0 aromatic heterocycles. The number of rotatable bonds is 6. The van der Waals surface area contributed by atoms with Crippen molar-refractivity contribution >= 4 is 23.7 Å². The van der Waals surface area contributed by atoms with Gasteiger partial charge in [-0.25, -0.2) is 0 Å². The van der Waals surface area contributed by atoms with Gasteiger partial charge in [-0.3, -0.25) is 19.2 Å². The Balaban J connectivity index is 1.64. The second kappa shape index (κ2) is 13.1. The fraction of sp³-hybridized carbons (Fsp3) is 0.600. The van der Waals surface area contributed by atoms with E-state index in [4.69, 9.17) is 9.47 Å². The Morgan fingerprint density at radius 1 is 1.04 bits per heavy atom. The minimum absolute atomic E-state index is 0.0969. The molecule has 2 saturated heterocycles. The number of esters is 1. The first-order chi connectivity index (χ1) is 21.5. The van der Waals surface area contributed by atoms with Crippen molar-refractivity contribution < 1.29 is 33.8 Å². The van der Waals surface area contributed by atoms with E-state index < -0.39 is 59.6 Å². The van der Waals surface area contributed by atoms with E-state index in [2.05, 4.69) is 0 Å². The lowest BCUT2D eigenvalue weighted by Gasteiger charge is -2.41. The molecule has 3 amide bonds. The molecule has 0 unspecified atom stereocenters. The highest BCUT2D eigenvalue weighted by atomic mass is 16.6. The molecular weight excluding hydrogens is 574 g/mol. The number of carbonyl (C=O) groups excluding carboxylic acids is 4. The van der Waals surface area contributed by atoms with Crippen molar-refractivity contribution in [2.24, 2.45) is 17.8 Å². The number of amides is 3. The molecule has 4 aliphatic heterocycles. The topological polar surface area (TPSA) is 117 Å². The second-order valence-corrected chi connectivity index (χ2v) is 13.2. The number of benzene rings is 1. The molecule has 0 aliphatic carbocycles. The zero-order valence-corrected chi connectivity index (χ0v) is 27.2. The smallest absolute Gasteiger partial charge is 0.313 e. The van der Waals surface area contributed by atoms with Crippen LogP contribution in [0.2, 0.25) is 0 Å². The third-order valence-corrected chi connectivity index (χ3v) is 10.4. The van der Waals surface area contributed by atoms with Gasteiger partial charge in [0.05, 0.1) is 30.7 Å². The zero-order chi connectivity index (χ0) is 32.6. The van der Waals surface area contributed by atoms with Gasteiger partial charge in [0.1, 0.15) is 23.7 Å². The first kappa shape index (κ1) is 32.9. The second-order valence-electron chi connectivity index (χ2n) is 13.2. The molecule has 4 heterocycles. The quantitative estimate of drug-likeness (QED) is 0.383. The predicted molar refractivity (Wildman–Crippen MR) is 167 cm³/mol. The lowest BCUT2D eigenvalue weighted by molar-refractivity contribution is -0.164. The molecule has 0 saturated carbocycles. The van der Waals surface area contributed by atoms with Gasteiger partial charge in [-0.1, -0.05) is 74.9 Å². The predicted octanol–water partition coefficient (Wildman–Crippen LogP) is 3.26. The largest absolute Gasteiger partial charge is 0.455 e. The number of aliphatic hydroxyl groups is 1. The summed E-state index contributed by atoms with van der Waals surface area (Å²) in [4.78, 5) is 61.5. The van der Waals surface area contributed by atoms with Crippen molar-refractivity contribution in [3.8, 4) is 0 Å². The molecule has 10 nitrogen and oxygen atoms in total. The first-order valence-corrected chi connectivity index (χ1v) is 16.2. The minimum atomic E-state index is -1.38. The number of fused-ring (bicyclic) bond motifs is 2. The van der Waals surface area contributed by atoms with Crippen LogP contribution in [-0.4, -0.2) is 99.6 Å². The molecule has 244 valence electrons. The van der Waals surface area contributed by atoms with Gasteiger partial charge in [-0.15, -0.1) is 0 Å². The van der Waals surface area contributed by atoms with Gasteiger partial charge < -0.3 is 29.3 Å². The van der Waals surface area contributed by atoms with Crippen molar-refractivity contribution in [3.05, 3.63) is 60.2 Å². The van der Waals surface area contributed by atoms with Crippen LogP contribution in [0.15, 0.2) is 54.6 Å². The lowest BCUT2D eigenvalue weighted by Crippen LogP contribution is -2.60. The number of nitrogens with zero attached hydrogens (tertiary/aromatic N) is 3. The van der Waals surface area contributed by atoms with E-state index in [9.17, 15) is 24.3 Å². The summed E-state index contributed by atoms with van der Waals surface area (Å²) in [6.45, 7) is 9.55. The fourth-order valence-electron chi connectivity index (χ4n) is 7.45. The van der Waals surface area contributed by atoms with Crippen LogP contribution in [0.1, 0.15) is 65.5 Å². The number of cyclic esters (lactones) is 1. The van der Waals surface area contributed by atoms with Gasteiger partial charge in [0.15, 0.2) is 0 Å². The van der Waals surface area contributed by atoms with Crippen LogP contribution >= 0.6 is 0 Å². The lowest BCUT2D eigenvalue weighted by atomic mass is 9.74. The van der Waals surface area contributed by atoms with Crippen molar-refractivity contribution in [1.29, 1.82) is 0 Å². The number of likely N-dealkylation sites (N-methyl/N-ethyl adjacent to an activating group) is 1. The summed E-state index contributed by atoms with van der Waals surface area (Å²) < 4.78 is 12.8. The summed E-state index contributed by atoms with van der Waals surface area (Å²) in [5, 5.41) is 10.6. The van der Waals surface area contributed by atoms with Crippen LogP contribution in [0.5, 0.6) is 0 Å². The number of hydrogen-bond acceptors (Lipinski definition) is 7. The highest BCUT2D eigenvalue weighted by molar-refractivity contribution is 5.99. The van der Waals surface area contributed by atoms with E-state index >= 15 is 0 Å². The van der Waals surface area contributed by atoms with E-state index in [1.54, 1.807) is 29.0 Å². The van der Waals surface area contributed by atoms with Gasteiger partial charge in [0.25, 0.3) is 0 Å². The number of carbonyl (C=O) groups is 4. The Hall–Kier alpha value is -3.50. The number of ether oxygens (including phenoxy) is 2. The third kappa shape index (κ3) is 5.60. The van der Waals surface area contributed by atoms with Gasteiger partial charge in [-0.2, -0.15) is 0 Å². The van der Waals surface area contributed by atoms with Gasteiger partial charge in [0.2, 0.25) is 17.7 Å². The standard InChI is InChI=1S/C35H47N3O7/c1-7-22(4)25(20-39)38-31-33(42)37(21(2)3)19-13-9-12-16-27(40)36(6)23(5)30(24-14-10-8-11-15-24)44-34(43)28-26-17-18-35(31,45-26)29(28)32(38)41/h8-11,13-15,17-18,21-23,25-26,28-31,39H,7,12,16,19-20H2,1-6H3/b13-9-/t22-,23+,25-,26-,28+,29+,30-,31-,35+/m0/s1. The molecule has 5 bridgehead atoms. The maximum absolute atomic E-state index is 14.6. The highest BCUT2D eigenvalue weighted by Crippen LogP contribution is 2.56. The van der Waals surface area contributed by atoms with Crippen molar-refractivity contribution in [1.82, 2.24) is 14.7 Å². The molecule has 45 heavy (non-hydrogen) atoms. The van der Waals surface area contributed by atoms with E-state index in [1.807, 2.05) is 77.1 Å². The molecule has 1 N–H and O–H groups in total. The molecular formula is C35H47N3O7. The Kier molecular flexibility index (Phi) is 9.56. The van der Waals surface area contributed by atoms with E-state index in [1.165, 1.54) is 4.90 Å². The summed E-state index contributed by atoms with van der Waals surface area (Å²) in [6, 6.07) is 6.85. The number of hydrogen-bond donors (Lipinski definition) is 1. The molecule has 0 radical (unpaired) electrons. The third-order valence-electron chi connectivity index (χ3n) is 10.4. The van der Waals surface area contributed by atoms with E-state index in [0.717, 1.165) is 5.56 Å². The molecule has 1 aromatic rings. The Morgan fingerprint density at radius 3 is 2.40 bits per heavy atom. The fourth-order valence-corrected chi connectivity index (χ4v) is 7.45. The summed E-state index contributed by atoms with van der Waals surface area (Å²) in [5.41, 5.74) is -0.656.